The Labute approximate surface area is 94.6 Å². The first-order chi connectivity index (χ1) is 7.58. The molecule has 0 aromatic heterocycles. The van der Waals surface area contributed by atoms with Crippen LogP contribution < -0.4 is 10.1 Å². The highest BCUT2D eigenvalue weighted by atomic mass is 16.5. The van der Waals surface area contributed by atoms with E-state index in [0.717, 1.165) is 0 Å². The number of methoxy groups -OCH3 is 1. The van der Waals surface area contributed by atoms with E-state index in [4.69, 9.17) is 9.84 Å². The van der Waals surface area contributed by atoms with Crippen molar-refractivity contribution in [1.82, 2.24) is 0 Å². The molecule has 0 aliphatic rings. The highest BCUT2D eigenvalue weighted by Gasteiger charge is 2.11. The number of benzene rings is 1. The SMILES string of the molecule is C=CC(C)Nc1cc(OC)ccc1C(=O)O. The number of aromatic carboxylic acids is 1. The topological polar surface area (TPSA) is 58.6 Å². The van der Waals surface area contributed by atoms with E-state index in [2.05, 4.69) is 11.9 Å². The van der Waals surface area contributed by atoms with Crippen molar-refractivity contribution in [3.8, 4) is 5.75 Å². The zero-order valence-electron chi connectivity index (χ0n) is 9.36. The molecule has 0 fully saturated rings. The van der Waals surface area contributed by atoms with Crippen LogP contribution in [0.15, 0.2) is 30.9 Å². The molecule has 0 saturated carbocycles. The van der Waals surface area contributed by atoms with Gasteiger partial charge in [0.05, 0.1) is 18.4 Å². The Kier molecular flexibility index (Phi) is 3.94. The molecule has 1 rings (SSSR count). The molecule has 0 radical (unpaired) electrons. The van der Waals surface area contributed by atoms with Gasteiger partial charge in [-0.05, 0) is 19.1 Å². The molecule has 4 nitrogen and oxygen atoms in total. The third-order valence-electron chi connectivity index (χ3n) is 2.19. The monoisotopic (exact) mass is 221 g/mol. The summed E-state index contributed by atoms with van der Waals surface area (Å²) in [6, 6.07) is 4.78. The summed E-state index contributed by atoms with van der Waals surface area (Å²) < 4.78 is 5.05. The van der Waals surface area contributed by atoms with Gasteiger partial charge in [0.2, 0.25) is 0 Å². The van der Waals surface area contributed by atoms with Gasteiger partial charge in [0.25, 0.3) is 0 Å². The average Bonchev–Trinajstić information content (AvgIpc) is 2.28. The highest BCUT2D eigenvalue weighted by molar-refractivity contribution is 5.94. The minimum Gasteiger partial charge on any atom is -0.497 e. The van der Waals surface area contributed by atoms with Crippen molar-refractivity contribution in [3.05, 3.63) is 36.4 Å². The van der Waals surface area contributed by atoms with Crippen molar-refractivity contribution in [2.45, 2.75) is 13.0 Å². The van der Waals surface area contributed by atoms with E-state index in [1.54, 1.807) is 18.2 Å². The van der Waals surface area contributed by atoms with Gasteiger partial charge in [-0.1, -0.05) is 6.08 Å². The molecule has 0 saturated heterocycles. The molecule has 0 bridgehead atoms. The van der Waals surface area contributed by atoms with Gasteiger partial charge in [-0.2, -0.15) is 0 Å². The molecule has 1 unspecified atom stereocenters. The molecule has 1 aromatic rings. The lowest BCUT2D eigenvalue weighted by Crippen LogP contribution is -2.14. The predicted molar refractivity (Wildman–Crippen MR) is 63.2 cm³/mol. The summed E-state index contributed by atoms with van der Waals surface area (Å²) in [4.78, 5) is 11.0. The van der Waals surface area contributed by atoms with Gasteiger partial charge < -0.3 is 15.2 Å². The Bertz CT molecular complexity index is 401. The first-order valence-corrected chi connectivity index (χ1v) is 4.89. The van der Waals surface area contributed by atoms with Crippen LogP contribution >= 0.6 is 0 Å². The van der Waals surface area contributed by atoms with Gasteiger partial charge in [-0.25, -0.2) is 4.79 Å². The Balaban J connectivity index is 3.09. The molecule has 16 heavy (non-hydrogen) atoms. The number of carboxylic acid groups (broad SMARTS) is 1. The zero-order valence-corrected chi connectivity index (χ0v) is 9.36. The summed E-state index contributed by atoms with van der Waals surface area (Å²) in [5.41, 5.74) is 0.744. The van der Waals surface area contributed by atoms with Crippen molar-refractivity contribution in [2.75, 3.05) is 12.4 Å². The summed E-state index contributed by atoms with van der Waals surface area (Å²) in [6.07, 6.45) is 1.70. The van der Waals surface area contributed by atoms with E-state index in [0.29, 0.717) is 11.4 Å². The normalized spacial score (nSPS) is 11.6. The maximum absolute atomic E-state index is 11.0. The lowest BCUT2D eigenvalue weighted by molar-refractivity contribution is 0.0698. The summed E-state index contributed by atoms with van der Waals surface area (Å²) in [6.45, 7) is 5.52. The van der Waals surface area contributed by atoms with Crippen molar-refractivity contribution in [3.63, 3.8) is 0 Å². The Morgan fingerprint density at radius 2 is 2.31 bits per heavy atom. The van der Waals surface area contributed by atoms with Crippen LogP contribution in [0.4, 0.5) is 5.69 Å². The average molecular weight is 221 g/mol. The van der Waals surface area contributed by atoms with Crippen LogP contribution in [0.5, 0.6) is 5.75 Å². The fourth-order valence-corrected chi connectivity index (χ4v) is 1.26. The second-order valence-corrected chi connectivity index (χ2v) is 3.39. The molecular weight excluding hydrogens is 206 g/mol. The maximum Gasteiger partial charge on any atom is 0.337 e. The van der Waals surface area contributed by atoms with Crippen molar-refractivity contribution in [2.24, 2.45) is 0 Å². The first-order valence-electron chi connectivity index (χ1n) is 4.89. The fraction of sp³-hybridized carbons (Fsp3) is 0.250. The number of rotatable bonds is 5. The van der Waals surface area contributed by atoms with Crippen LogP contribution in [0.2, 0.25) is 0 Å². The second kappa shape index (κ2) is 5.21. The van der Waals surface area contributed by atoms with Crippen LogP contribution in [-0.4, -0.2) is 24.2 Å². The molecule has 86 valence electrons. The zero-order chi connectivity index (χ0) is 12.1. The third kappa shape index (κ3) is 2.76. The lowest BCUT2D eigenvalue weighted by atomic mass is 10.1. The standard InChI is InChI=1S/C12H15NO3/c1-4-8(2)13-11-7-9(16-3)5-6-10(11)12(14)15/h4-8,13H,1H2,2-3H3,(H,14,15). The number of ether oxygens (including phenoxy) is 1. The summed E-state index contributed by atoms with van der Waals surface area (Å²) in [7, 11) is 1.54. The van der Waals surface area contributed by atoms with E-state index < -0.39 is 5.97 Å². The minimum atomic E-state index is -0.971. The number of anilines is 1. The first kappa shape index (κ1) is 12.1. The molecule has 1 atom stereocenters. The molecule has 0 spiro atoms. The van der Waals surface area contributed by atoms with Crippen molar-refractivity contribution < 1.29 is 14.6 Å². The Hall–Kier alpha value is -1.97. The molecule has 2 N–H and O–H groups in total. The van der Waals surface area contributed by atoms with E-state index in [1.807, 2.05) is 6.92 Å². The number of carboxylic acids is 1. The molecule has 0 aliphatic carbocycles. The van der Waals surface area contributed by atoms with Crippen LogP contribution in [0, 0.1) is 0 Å². The minimum absolute atomic E-state index is 0.00907. The fourth-order valence-electron chi connectivity index (χ4n) is 1.26. The molecule has 4 heteroatoms. The van der Waals surface area contributed by atoms with Gasteiger partial charge in [-0.3, -0.25) is 0 Å². The molecule has 0 aliphatic heterocycles. The van der Waals surface area contributed by atoms with Gasteiger partial charge in [-0.15, -0.1) is 6.58 Å². The Morgan fingerprint density at radius 3 is 2.81 bits per heavy atom. The number of carbonyl (C=O) groups is 1. The largest absolute Gasteiger partial charge is 0.497 e. The predicted octanol–water partition coefficient (Wildman–Crippen LogP) is 2.38. The van der Waals surface area contributed by atoms with Crippen LogP contribution in [-0.2, 0) is 0 Å². The number of hydrogen-bond donors (Lipinski definition) is 2. The van der Waals surface area contributed by atoms with Crippen LogP contribution in [0.25, 0.3) is 0 Å². The van der Waals surface area contributed by atoms with E-state index >= 15 is 0 Å². The lowest BCUT2D eigenvalue weighted by Gasteiger charge is -2.14. The van der Waals surface area contributed by atoms with Crippen LogP contribution in [0.3, 0.4) is 0 Å². The number of nitrogens with one attached hydrogen (secondary N) is 1. The van der Waals surface area contributed by atoms with Gasteiger partial charge in [0.15, 0.2) is 0 Å². The van der Waals surface area contributed by atoms with E-state index in [-0.39, 0.29) is 11.6 Å². The van der Waals surface area contributed by atoms with E-state index in [1.165, 1.54) is 13.2 Å². The quantitative estimate of drug-likeness (QED) is 0.749. The molecule has 0 amide bonds. The highest BCUT2D eigenvalue weighted by Crippen LogP contribution is 2.23. The summed E-state index contributed by atoms with van der Waals surface area (Å²) >= 11 is 0. The summed E-state index contributed by atoms with van der Waals surface area (Å²) in [5.74, 6) is -0.356. The molecular formula is C12H15NO3. The van der Waals surface area contributed by atoms with Gasteiger partial charge in [0.1, 0.15) is 5.75 Å². The maximum atomic E-state index is 11.0. The van der Waals surface area contributed by atoms with E-state index in [9.17, 15) is 4.79 Å². The van der Waals surface area contributed by atoms with Crippen molar-refractivity contribution in [1.29, 1.82) is 0 Å². The Morgan fingerprint density at radius 1 is 1.62 bits per heavy atom. The van der Waals surface area contributed by atoms with Gasteiger partial charge in [0, 0.05) is 12.1 Å². The number of hydrogen-bond acceptors (Lipinski definition) is 3. The molecule has 0 heterocycles. The van der Waals surface area contributed by atoms with Gasteiger partial charge >= 0.3 is 5.97 Å². The van der Waals surface area contributed by atoms with Crippen molar-refractivity contribution >= 4 is 11.7 Å². The smallest absolute Gasteiger partial charge is 0.337 e. The molecule has 1 aromatic carbocycles. The third-order valence-corrected chi connectivity index (χ3v) is 2.19. The van der Waals surface area contributed by atoms with Crippen LogP contribution in [0.1, 0.15) is 17.3 Å². The summed E-state index contributed by atoms with van der Waals surface area (Å²) in [5, 5.41) is 12.0. The second-order valence-electron chi connectivity index (χ2n) is 3.39.